The first-order valence-electron chi connectivity index (χ1n) is 5.49. The Morgan fingerprint density at radius 3 is 2.89 bits per heavy atom. The molecule has 0 atom stereocenters. The zero-order valence-electron chi connectivity index (χ0n) is 9.85. The van der Waals surface area contributed by atoms with Crippen LogP contribution >= 0.6 is 22.9 Å². The first kappa shape index (κ1) is 12.3. The van der Waals surface area contributed by atoms with Crippen LogP contribution in [0.2, 0.25) is 5.28 Å². The summed E-state index contributed by atoms with van der Waals surface area (Å²) in [6, 6.07) is 7.80. The molecule has 0 bridgehead atoms. The van der Waals surface area contributed by atoms with Crippen LogP contribution in [0.25, 0.3) is 10.2 Å². The fourth-order valence-corrected chi connectivity index (χ4v) is 2.79. The molecular weight excluding hydrogens is 287 g/mol. The van der Waals surface area contributed by atoms with Crippen LogP contribution in [0, 0.1) is 12.7 Å². The van der Waals surface area contributed by atoms with Gasteiger partial charge in [-0.15, -0.1) is 11.3 Å². The predicted molar refractivity (Wildman–Crippen MR) is 73.6 cm³/mol. The Balaban J connectivity index is 2.09. The Morgan fingerprint density at radius 2 is 2.11 bits per heavy atom. The topological polar surface area (TPSA) is 35.0 Å². The van der Waals surface area contributed by atoms with Crippen molar-refractivity contribution >= 4 is 33.2 Å². The number of ether oxygens (including phenoxy) is 1. The lowest BCUT2D eigenvalue weighted by Crippen LogP contribution is -1.91. The number of fused-ring (bicyclic) bond motifs is 1. The van der Waals surface area contributed by atoms with Crippen molar-refractivity contribution in [2.24, 2.45) is 0 Å². The number of hydrogen-bond donors (Lipinski definition) is 0. The van der Waals surface area contributed by atoms with Crippen molar-refractivity contribution in [1.29, 1.82) is 0 Å². The van der Waals surface area contributed by atoms with Gasteiger partial charge >= 0.3 is 0 Å². The molecule has 0 saturated carbocycles. The molecule has 0 saturated heterocycles. The second kappa shape index (κ2) is 4.75. The standard InChI is InChI=1S/C13H8ClFN2OS/c1-7-5-10-11(16-13(14)17-12(10)19-7)18-9-4-2-3-8(15)6-9/h2-6H,1H3. The van der Waals surface area contributed by atoms with Crippen molar-refractivity contribution in [1.82, 2.24) is 9.97 Å². The van der Waals surface area contributed by atoms with Gasteiger partial charge in [0.25, 0.3) is 0 Å². The normalized spacial score (nSPS) is 10.9. The van der Waals surface area contributed by atoms with Gasteiger partial charge in [0.15, 0.2) is 0 Å². The van der Waals surface area contributed by atoms with Crippen molar-refractivity contribution in [2.45, 2.75) is 6.92 Å². The first-order chi connectivity index (χ1) is 9.11. The van der Waals surface area contributed by atoms with Gasteiger partial charge in [-0.05, 0) is 36.7 Å². The minimum Gasteiger partial charge on any atom is -0.438 e. The lowest BCUT2D eigenvalue weighted by molar-refractivity contribution is 0.463. The van der Waals surface area contributed by atoms with E-state index in [1.807, 2.05) is 13.0 Å². The summed E-state index contributed by atoms with van der Waals surface area (Å²) in [6.07, 6.45) is 0. The molecule has 0 unspecified atom stereocenters. The maximum Gasteiger partial charge on any atom is 0.232 e. The molecule has 19 heavy (non-hydrogen) atoms. The smallest absolute Gasteiger partial charge is 0.232 e. The van der Waals surface area contributed by atoms with Crippen LogP contribution < -0.4 is 4.74 Å². The molecule has 0 aliphatic rings. The largest absolute Gasteiger partial charge is 0.438 e. The molecule has 0 aliphatic carbocycles. The summed E-state index contributed by atoms with van der Waals surface area (Å²) in [7, 11) is 0. The monoisotopic (exact) mass is 294 g/mol. The van der Waals surface area contributed by atoms with Crippen molar-refractivity contribution in [3.8, 4) is 11.6 Å². The number of aryl methyl sites for hydroxylation is 1. The Morgan fingerprint density at radius 1 is 1.26 bits per heavy atom. The number of nitrogens with zero attached hydrogens (tertiary/aromatic N) is 2. The number of aromatic nitrogens is 2. The summed E-state index contributed by atoms with van der Waals surface area (Å²) in [5.74, 6) is 0.347. The third-order valence-corrected chi connectivity index (χ3v) is 3.58. The second-order valence-corrected chi connectivity index (χ2v) is 5.51. The predicted octanol–water partition coefficient (Wildman–Crippen LogP) is 4.58. The van der Waals surface area contributed by atoms with Gasteiger partial charge in [0.05, 0.1) is 5.39 Å². The van der Waals surface area contributed by atoms with E-state index in [1.165, 1.54) is 23.5 Å². The van der Waals surface area contributed by atoms with Crippen LogP contribution in [0.1, 0.15) is 4.88 Å². The van der Waals surface area contributed by atoms with Crippen LogP contribution in [0.3, 0.4) is 0 Å². The molecule has 0 spiro atoms. The molecule has 96 valence electrons. The summed E-state index contributed by atoms with van der Waals surface area (Å²) in [5, 5.41) is 0.886. The molecule has 6 heteroatoms. The number of rotatable bonds is 2. The highest BCUT2D eigenvalue weighted by atomic mass is 35.5. The molecule has 0 fully saturated rings. The zero-order valence-corrected chi connectivity index (χ0v) is 11.4. The fourth-order valence-electron chi connectivity index (χ4n) is 1.71. The van der Waals surface area contributed by atoms with Crippen LogP contribution in [0.5, 0.6) is 11.6 Å². The Labute approximate surface area is 117 Å². The molecule has 0 aliphatic heterocycles. The molecule has 3 aromatic rings. The zero-order chi connectivity index (χ0) is 13.4. The van der Waals surface area contributed by atoms with Crippen molar-refractivity contribution in [3.05, 3.63) is 46.3 Å². The van der Waals surface area contributed by atoms with Gasteiger partial charge < -0.3 is 4.74 Å². The van der Waals surface area contributed by atoms with Crippen molar-refractivity contribution in [2.75, 3.05) is 0 Å². The van der Waals surface area contributed by atoms with Crippen LogP contribution in [0.4, 0.5) is 4.39 Å². The molecule has 0 N–H and O–H groups in total. The van der Waals surface area contributed by atoms with Gasteiger partial charge in [0.2, 0.25) is 11.2 Å². The van der Waals surface area contributed by atoms with E-state index in [2.05, 4.69) is 9.97 Å². The molecule has 2 heterocycles. The lowest BCUT2D eigenvalue weighted by Gasteiger charge is -2.05. The van der Waals surface area contributed by atoms with E-state index < -0.39 is 0 Å². The van der Waals surface area contributed by atoms with Gasteiger partial charge in [-0.2, -0.15) is 4.98 Å². The van der Waals surface area contributed by atoms with E-state index in [4.69, 9.17) is 16.3 Å². The summed E-state index contributed by atoms with van der Waals surface area (Å²) in [5.41, 5.74) is 0. The van der Waals surface area contributed by atoms with Crippen molar-refractivity contribution < 1.29 is 9.13 Å². The molecule has 0 radical (unpaired) electrons. The SMILES string of the molecule is Cc1cc2c(Oc3cccc(F)c3)nc(Cl)nc2s1. The number of benzene rings is 1. The molecule has 3 rings (SSSR count). The summed E-state index contributed by atoms with van der Waals surface area (Å²) in [6.45, 7) is 1.96. The van der Waals surface area contributed by atoms with Gasteiger partial charge in [0, 0.05) is 10.9 Å². The maximum atomic E-state index is 13.1. The average molecular weight is 295 g/mol. The number of thiophene rings is 1. The molecule has 0 amide bonds. The van der Waals surface area contributed by atoms with Crippen LogP contribution in [-0.4, -0.2) is 9.97 Å². The summed E-state index contributed by atoms with van der Waals surface area (Å²) < 4.78 is 18.7. The fraction of sp³-hybridized carbons (Fsp3) is 0.0769. The van der Waals surface area contributed by atoms with E-state index in [1.54, 1.807) is 12.1 Å². The average Bonchev–Trinajstić information content (AvgIpc) is 2.69. The van der Waals surface area contributed by atoms with E-state index in [0.29, 0.717) is 11.6 Å². The lowest BCUT2D eigenvalue weighted by atomic mass is 10.3. The Bertz CT molecular complexity index is 759. The minimum absolute atomic E-state index is 0.112. The number of halogens is 2. The van der Waals surface area contributed by atoms with Gasteiger partial charge in [0.1, 0.15) is 16.4 Å². The highest BCUT2D eigenvalue weighted by Gasteiger charge is 2.12. The highest BCUT2D eigenvalue weighted by Crippen LogP contribution is 2.33. The van der Waals surface area contributed by atoms with Gasteiger partial charge in [-0.1, -0.05) is 6.07 Å². The maximum absolute atomic E-state index is 13.1. The van der Waals surface area contributed by atoms with Crippen molar-refractivity contribution in [3.63, 3.8) is 0 Å². The Kier molecular flexibility index (Phi) is 3.08. The van der Waals surface area contributed by atoms with E-state index in [9.17, 15) is 4.39 Å². The van der Waals surface area contributed by atoms with Crippen LogP contribution in [0.15, 0.2) is 30.3 Å². The molecule has 2 aromatic heterocycles. The van der Waals surface area contributed by atoms with Gasteiger partial charge in [-0.3, -0.25) is 0 Å². The first-order valence-corrected chi connectivity index (χ1v) is 6.68. The third kappa shape index (κ3) is 2.52. The second-order valence-electron chi connectivity index (χ2n) is 3.93. The highest BCUT2D eigenvalue weighted by molar-refractivity contribution is 7.18. The minimum atomic E-state index is -0.365. The van der Waals surface area contributed by atoms with E-state index in [-0.39, 0.29) is 11.1 Å². The third-order valence-electron chi connectivity index (χ3n) is 2.46. The quantitative estimate of drug-likeness (QED) is 0.649. The summed E-state index contributed by atoms with van der Waals surface area (Å²) >= 11 is 7.37. The number of hydrogen-bond acceptors (Lipinski definition) is 4. The Hall–Kier alpha value is -1.72. The van der Waals surface area contributed by atoms with Crippen LogP contribution in [-0.2, 0) is 0 Å². The molecule has 3 nitrogen and oxygen atoms in total. The molecule has 1 aromatic carbocycles. The molecular formula is C13H8ClFN2OS. The van der Waals surface area contributed by atoms with Gasteiger partial charge in [-0.25, -0.2) is 9.37 Å². The van der Waals surface area contributed by atoms with E-state index >= 15 is 0 Å². The summed E-state index contributed by atoms with van der Waals surface area (Å²) in [4.78, 5) is 10.0. The van der Waals surface area contributed by atoms with E-state index in [0.717, 1.165) is 15.1 Å².